The fraction of sp³-hybridized carbons (Fsp3) is 0.100. The highest BCUT2D eigenvalue weighted by molar-refractivity contribution is 6.42. The lowest BCUT2D eigenvalue weighted by atomic mass is 10.0. The zero-order valence-electron chi connectivity index (χ0n) is 13.5. The van der Waals surface area contributed by atoms with E-state index in [1.807, 2.05) is 37.3 Å². The summed E-state index contributed by atoms with van der Waals surface area (Å²) in [4.78, 5) is 9.60. The van der Waals surface area contributed by atoms with Crippen LogP contribution in [0, 0.1) is 13.8 Å². The van der Waals surface area contributed by atoms with E-state index >= 15 is 0 Å². The Morgan fingerprint density at radius 1 is 1.00 bits per heavy atom. The molecule has 2 nitrogen and oxygen atoms in total. The van der Waals surface area contributed by atoms with E-state index in [2.05, 4.69) is 19.6 Å². The van der Waals surface area contributed by atoms with Crippen LogP contribution in [-0.2, 0) is 0 Å². The highest BCUT2D eigenvalue weighted by Crippen LogP contribution is 2.31. The van der Waals surface area contributed by atoms with E-state index in [1.54, 1.807) is 12.1 Å². The largest absolute Gasteiger partial charge is 0.249 e. The summed E-state index contributed by atoms with van der Waals surface area (Å²) in [6, 6.07) is 9.56. The van der Waals surface area contributed by atoms with Gasteiger partial charge in [-0.25, -0.2) is 9.97 Å². The molecule has 2 aromatic carbocycles. The minimum atomic E-state index is 0.506. The molecular weight excluding hydrogens is 339 g/mol. The second-order valence-electron chi connectivity index (χ2n) is 5.55. The summed E-state index contributed by atoms with van der Waals surface area (Å²) in [6.45, 7) is 7.74. The standard InChI is InChI=1S/C20H16Cl2N2/c1-4-5-6-15-12(2)7-10-18-20(15)24-19(13(3)23-18)14-8-9-16(21)17(22)11-14/h4-11H,1H2,2-3H3/b6-5-. The van der Waals surface area contributed by atoms with Crippen LogP contribution in [0.1, 0.15) is 16.8 Å². The van der Waals surface area contributed by atoms with Crippen LogP contribution in [0.3, 0.4) is 0 Å². The predicted octanol–water partition coefficient (Wildman–Crippen LogP) is 6.42. The van der Waals surface area contributed by atoms with Crippen molar-refractivity contribution in [1.29, 1.82) is 0 Å². The first-order chi connectivity index (χ1) is 11.5. The minimum absolute atomic E-state index is 0.506. The molecule has 3 rings (SSSR count). The molecule has 0 atom stereocenters. The van der Waals surface area contributed by atoms with E-state index in [0.717, 1.165) is 39.1 Å². The Balaban J connectivity index is 2.29. The van der Waals surface area contributed by atoms with Gasteiger partial charge in [0.15, 0.2) is 0 Å². The number of rotatable bonds is 3. The Morgan fingerprint density at radius 3 is 2.50 bits per heavy atom. The first kappa shape index (κ1) is 16.7. The van der Waals surface area contributed by atoms with E-state index < -0.39 is 0 Å². The van der Waals surface area contributed by atoms with E-state index in [-0.39, 0.29) is 0 Å². The van der Waals surface area contributed by atoms with Crippen molar-refractivity contribution < 1.29 is 0 Å². The number of benzene rings is 2. The van der Waals surface area contributed by atoms with Crippen molar-refractivity contribution >= 4 is 40.3 Å². The summed E-state index contributed by atoms with van der Waals surface area (Å²) in [5.74, 6) is 0. The number of allylic oxidation sites excluding steroid dienone is 2. The molecule has 0 saturated heterocycles. The van der Waals surface area contributed by atoms with Crippen molar-refractivity contribution in [2.75, 3.05) is 0 Å². The van der Waals surface area contributed by atoms with Gasteiger partial charge >= 0.3 is 0 Å². The SMILES string of the molecule is C=C/C=C\c1c(C)ccc2nc(C)c(-c3ccc(Cl)c(Cl)c3)nc12. The summed E-state index contributed by atoms with van der Waals surface area (Å²) in [6.07, 6.45) is 5.66. The van der Waals surface area contributed by atoms with Crippen LogP contribution < -0.4 is 0 Å². The van der Waals surface area contributed by atoms with E-state index in [0.29, 0.717) is 10.0 Å². The van der Waals surface area contributed by atoms with Crippen LogP contribution in [0.15, 0.2) is 49.1 Å². The zero-order chi connectivity index (χ0) is 17.3. The molecule has 4 heteroatoms. The van der Waals surface area contributed by atoms with E-state index in [4.69, 9.17) is 33.2 Å². The molecule has 120 valence electrons. The van der Waals surface area contributed by atoms with Crippen molar-refractivity contribution in [2.45, 2.75) is 13.8 Å². The number of aryl methyl sites for hydroxylation is 2. The van der Waals surface area contributed by atoms with E-state index in [1.165, 1.54) is 0 Å². The Kier molecular flexibility index (Phi) is 4.70. The van der Waals surface area contributed by atoms with Gasteiger partial charge < -0.3 is 0 Å². The molecule has 0 aliphatic carbocycles. The lowest BCUT2D eigenvalue weighted by Crippen LogP contribution is -1.97. The number of aromatic nitrogens is 2. The first-order valence-electron chi connectivity index (χ1n) is 7.53. The molecule has 0 saturated carbocycles. The molecule has 0 unspecified atom stereocenters. The number of hydrogen-bond acceptors (Lipinski definition) is 2. The zero-order valence-corrected chi connectivity index (χ0v) is 15.0. The van der Waals surface area contributed by atoms with Crippen molar-refractivity contribution in [3.05, 3.63) is 75.9 Å². The van der Waals surface area contributed by atoms with Gasteiger partial charge in [-0.05, 0) is 37.6 Å². The molecule has 0 aliphatic rings. The molecule has 0 fully saturated rings. The molecule has 0 bridgehead atoms. The summed E-state index contributed by atoms with van der Waals surface area (Å²) in [7, 11) is 0. The van der Waals surface area contributed by atoms with Gasteiger partial charge in [0.1, 0.15) is 0 Å². The van der Waals surface area contributed by atoms with Gasteiger partial charge in [-0.1, -0.05) is 60.1 Å². The van der Waals surface area contributed by atoms with E-state index in [9.17, 15) is 0 Å². The van der Waals surface area contributed by atoms with Crippen LogP contribution in [0.5, 0.6) is 0 Å². The maximum absolute atomic E-state index is 6.16. The Morgan fingerprint density at radius 2 is 1.79 bits per heavy atom. The number of nitrogens with zero attached hydrogens (tertiary/aromatic N) is 2. The summed E-state index contributed by atoms with van der Waals surface area (Å²) in [5, 5.41) is 1.03. The molecule has 1 heterocycles. The fourth-order valence-corrected chi connectivity index (χ4v) is 2.92. The maximum Gasteiger partial charge on any atom is 0.0969 e. The Labute approximate surface area is 151 Å². The maximum atomic E-state index is 6.16. The van der Waals surface area contributed by atoms with Crippen LogP contribution in [0.2, 0.25) is 10.0 Å². The molecule has 1 aromatic heterocycles. The van der Waals surface area contributed by atoms with Crippen molar-refractivity contribution in [3.63, 3.8) is 0 Å². The quantitative estimate of drug-likeness (QED) is 0.507. The molecule has 0 spiro atoms. The number of hydrogen-bond donors (Lipinski definition) is 0. The molecule has 24 heavy (non-hydrogen) atoms. The normalized spacial score (nSPS) is 11.3. The smallest absolute Gasteiger partial charge is 0.0969 e. The Bertz CT molecular complexity index is 975. The number of fused-ring (bicyclic) bond motifs is 1. The third-order valence-electron chi connectivity index (χ3n) is 3.86. The van der Waals surface area contributed by atoms with Crippen molar-refractivity contribution in [1.82, 2.24) is 9.97 Å². The lowest BCUT2D eigenvalue weighted by Gasteiger charge is -2.11. The minimum Gasteiger partial charge on any atom is -0.249 e. The molecule has 0 radical (unpaired) electrons. The molecule has 3 aromatic rings. The van der Waals surface area contributed by atoms with Gasteiger partial charge in [0.05, 0.1) is 32.5 Å². The third kappa shape index (κ3) is 3.08. The average Bonchev–Trinajstić information content (AvgIpc) is 2.56. The number of halogens is 2. The summed E-state index contributed by atoms with van der Waals surface area (Å²) in [5.41, 5.74) is 6.46. The molecule has 0 N–H and O–H groups in total. The highest BCUT2D eigenvalue weighted by Gasteiger charge is 2.12. The second-order valence-corrected chi connectivity index (χ2v) is 6.36. The fourth-order valence-electron chi connectivity index (χ4n) is 2.62. The van der Waals surface area contributed by atoms with Gasteiger partial charge in [-0.2, -0.15) is 0 Å². The molecular formula is C20H16Cl2N2. The van der Waals surface area contributed by atoms with Gasteiger partial charge in [-0.15, -0.1) is 0 Å². The van der Waals surface area contributed by atoms with Gasteiger partial charge in [0.25, 0.3) is 0 Å². The summed E-state index contributed by atoms with van der Waals surface area (Å²) < 4.78 is 0. The van der Waals surface area contributed by atoms with Crippen molar-refractivity contribution in [3.8, 4) is 11.3 Å². The van der Waals surface area contributed by atoms with Crippen LogP contribution in [0.25, 0.3) is 28.4 Å². The third-order valence-corrected chi connectivity index (χ3v) is 4.60. The first-order valence-corrected chi connectivity index (χ1v) is 8.29. The average molecular weight is 355 g/mol. The van der Waals surface area contributed by atoms with Crippen LogP contribution in [0.4, 0.5) is 0 Å². The monoisotopic (exact) mass is 354 g/mol. The van der Waals surface area contributed by atoms with Gasteiger partial charge in [0.2, 0.25) is 0 Å². The summed E-state index contributed by atoms with van der Waals surface area (Å²) >= 11 is 12.2. The van der Waals surface area contributed by atoms with Crippen molar-refractivity contribution in [2.24, 2.45) is 0 Å². The Hall–Kier alpha value is -2.16. The highest BCUT2D eigenvalue weighted by atomic mass is 35.5. The topological polar surface area (TPSA) is 25.8 Å². The molecule has 0 amide bonds. The molecule has 0 aliphatic heterocycles. The van der Waals surface area contributed by atoms with Crippen LogP contribution in [-0.4, -0.2) is 9.97 Å². The lowest BCUT2D eigenvalue weighted by molar-refractivity contribution is 1.18. The van der Waals surface area contributed by atoms with Gasteiger partial charge in [-0.3, -0.25) is 0 Å². The van der Waals surface area contributed by atoms with Crippen LogP contribution >= 0.6 is 23.2 Å². The second kappa shape index (κ2) is 6.76. The van der Waals surface area contributed by atoms with Gasteiger partial charge in [0, 0.05) is 11.1 Å². The predicted molar refractivity (Wildman–Crippen MR) is 104 cm³/mol.